The topological polar surface area (TPSA) is 28.2 Å². The second-order valence-corrected chi connectivity index (χ2v) is 7.18. The van der Waals surface area contributed by atoms with Crippen molar-refractivity contribution in [1.29, 1.82) is 0 Å². The van der Waals surface area contributed by atoms with Gasteiger partial charge in [0.1, 0.15) is 0 Å². The first-order chi connectivity index (χ1) is 9.67. The Hall–Kier alpha value is -0.610. The number of piperidine rings is 1. The van der Waals surface area contributed by atoms with Crippen LogP contribution in [0.4, 0.5) is 5.13 Å². The van der Waals surface area contributed by atoms with Crippen molar-refractivity contribution in [2.75, 3.05) is 18.5 Å². The van der Waals surface area contributed by atoms with Gasteiger partial charge in [0.25, 0.3) is 0 Å². The summed E-state index contributed by atoms with van der Waals surface area (Å²) in [4.78, 5) is 8.99. The molecule has 1 saturated heterocycles. The summed E-state index contributed by atoms with van der Waals surface area (Å²) in [5.41, 5.74) is 1.29. The highest BCUT2D eigenvalue weighted by atomic mass is 32.1. The van der Waals surface area contributed by atoms with E-state index in [-0.39, 0.29) is 0 Å². The molecule has 2 heterocycles. The van der Waals surface area contributed by atoms with Crippen molar-refractivity contribution in [3.05, 3.63) is 10.6 Å². The molecule has 0 saturated carbocycles. The van der Waals surface area contributed by atoms with Crippen LogP contribution >= 0.6 is 11.3 Å². The molecule has 0 amide bonds. The molecular weight excluding hydrogens is 266 g/mol. The van der Waals surface area contributed by atoms with Gasteiger partial charge in [0.2, 0.25) is 0 Å². The first-order valence-electron chi connectivity index (χ1n) is 8.08. The summed E-state index contributed by atoms with van der Waals surface area (Å²) in [6.45, 7) is 8.92. The predicted molar refractivity (Wildman–Crippen MR) is 88.9 cm³/mol. The van der Waals surface area contributed by atoms with Crippen molar-refractivity contribution in [2.24, 2.45) is 0 Å². The molecule has 0 aliphatic carbocycles. The average molecular weight is 295 g/mol. The molecule has 1 atom stereocenters. The molecule has 1 unspecified atom stereocenters. The summed E-state index contributed by atoms with van der Waals surface area (Å²) >= 11 is 1.90. The van der Waals surface area contributed by atoms with Crippen molar-refractivity contribution in [1.82, 2.24) is 10.3 Å². The molecule has 20 heavy (non-hydrogen) atoms. The number of rotatable bonds is 6. The van der Waals surface area contributed by atoms with Crippen LogP contribution in [0.25, 0.3) is 0 Å². The van der Waals surface area contributed by atoms with Gasteiger partial charge in [-0.3, -0.25) is 0 Å². The molecule has 4 heteroatoms. The maximum atomic E-state index is 4.99. The Morgan fingerprint density at radius 1 is 1.40 bits per heavy atom. The Kier molecular flexibility index (Phi) is 5.85. The molecule has 1 aliphatic heterocycles. The molecule has 1 aliphatic rings. The molecule has 2 rings (SSSR count). The highest BCUT2D eigenvalue weighted by Crippen LogP contribution is 2.34. The molecule has 0 radical (unpaired) electrons. The van der Waals surface area contributed by atoms with E-state index < -0.39 is 0 Å². The van der Waals surface area contributed by atoms with E-state index in [2.05, 4.69) is 31.0 Å². The van der Waals surface area contributed by atoms with Crippen LogP contribution in [0.3, 0.4) is 0 Å². The smallest absolute Gasteiger partial charge is 0.186 e. The molecule has 3 nitrogen and oxygen atoms in total. The summed E-state index contributed by atoms with van der Waals surface area (Å²) in [7, 11) is 2.02. The lowest BCUT2D eigenvalue weighted by Gasteiger charge is -2.35. The van der Waals surface area contributed by atoms with E-state index in [1.807, 2.05) is 18.4 Å². The molecule has 1 N–H and O–H groups in total. The standard InChI is InChI=1S/C16H29N3S/c1-5-8-13-9-6-7-10-19(13)16-18-15(12(2)3)14(20-16)11-17-4/h12-13,17H,5-11H2,1-4H3. The van der Waals surface area contributed by atoms with Crippen LogP contribution in [0.15, 0.2) is 0 Å². The Morgan fingerprint density at radius 3 is 2.85 bits per heavy atom. The van der Waals surface area contributed by atoms with Crippen LogP contribution in [0.2, 0.25) is 0 Å². The second kappa shape index (κ2) is 7.41. The third-order valence-corrected chi connectivity index (χ3v) is 5.20. The van der Waals surface area contributed by atoms with Crippen molar-refractivity contribution < 1.29 is 0 Å². The van der Waals surface area contributed by atoms with Gasteiger partial charge in [-0.15, -0.1) is 11.3 Å². The van der Waals surface area contributed by atoms with E-state index in [1.165, 1.54) is 54.4 Å². The predicted octanol–water partition coefficient (Wildman–Crippen LogP) is 4.14. The first-order valence-corrected chi connectivity index (χ1v) is 8.89. The second-order valence-electron chi connectivity index (χ2n) is 6.12. The van der Waals surface area contributed by atoms with Gasteiger partial charge in [0.15, 0.2) is 5.13 Å². The van der Waals surface area contributed by atoms with Gasteiger partial charge in [-0.05, 0) is 38.6 Å². The van der Waals surface area contributed by atoms with E-state index in [9.17, 15) is 0 Å². The summed E-state index contributed by atoms with van der Waals surface area (Å²) in [6, 6.07) is 0.711. The largest absolute Gasteiger partial charge is 0.345 e. The lowest BCUT2D eigenvalue weighted by atomic mass is 9.99. The zero-order chi connectivity index (χ0) is 14.5. The summed E-state index contributed by atoms with van der Waals surface area (Å²) < 4.78 is 0. The zero-order valence-corrected chi connectivity index (χ0v) is 14.2. The third kappa shape index (κ3) is 3.53. The molecule has 1 aromatic heterocycles. The first kappa shape index (κ1) is 15.8. The van der Waals surface area contributed by atoms with Crippen molar-refractivity contribution >= 4 is 16.5 Å². The summed E-state index contributed by atoms with van der Waals surface area (Å²) in [6.07, 6.45) is 6.61. The van der Waals surface area contributed by atoms with Crippen molar-refractivity contribution in [2.45, 2.75) is 71.4 Å². The fraction of sp³-hybridized carbons (Fsp3) is 0.812. The van der Waals surface area contributed by atoms with E-state index in [0.29, 0.717) is 12.0 Å². The van der Waals surface area contributed by atoms with Crippen LogP contribution in [-0.2, 0) is 6.54 Å². The van der Waals surface area contributed by atoms with Crippen LogP contribution in [0.1, 0.15) is 69.4 Å². The van der Waals surface area contributed by atoms with Gasteiger partial charge in [0.05, 0.1) is 5.69 Å². The lowest BCUT2D eigenvalue weighted by Crippen LogP contribution is -2.39. The molecule has 0 spiro atoms. The minimum Gasteiger partial charge on any atom is -0.345 e. The number of hydrogen-bond donors (Lipinski definition) is 1. The zero-order valence-electron chi connectivity index (χ0n) is 13.4. The van der Waals surface area contributed by atoms with Gasteiger partial charge in [-0.25, -0.2) is 4.98 Å². The van der Waals surface area contributed by atoms with Crippen LogP contribution in [0, 0.1) is 0 Å². The van der Waals surface area contributed by atoms with Gasteiger partial charge < -0.3 is 10.2 Å². The average Bonchev–Trinajstić information content (AvgIpc) is 2.84. The van der Waals surface area contributed by atoms with E-state index >= 15 is 0 Å². The Bertz CT molecular complexity index is 412. The number of nitrogens with one attached hydrogen (secondary N) is 1. The van der Waals surface area contributed by atoms with Crippen molar-refractivity contribution in [3.63, 3.8) is 0 Å². The fourth-order valence-corrected chi connectivity index (χ4v) is 4.42. The number of thiazole rings is 1. The molecule has 0 bridgehead atoms. The monoisotopic (exact) mass is 295 g/mol. The molecule has 0 aromatic carbocycles. The van der Waals surface area contributed by atoms with Gasteiger partial charge >= 0.3 is 0 Å². The number of aromatic nitrogens is 1. The Labute approximate surface area is 127 Å². The Morgan fingerprint density at radius 2 is 2.20 bits per heavy atom. The fourth-order valence-electron chi connectivity index (χ4n) is 3.10. The molecule has 114 valence electrons. The van der Waals surface area contributed by atoms with Crippen LogP contribution < -0.4 is 10.2 Å². The quantitative estimate of drug-likeness (QED) is 0.854. The maximum Gasteiger partial charge on any atom is 0.186 e. The highest BCUT2D eigenvalue weighted by Gasteiger charge is 2.26. The highest BCUT2D eigenvalue weighted by molar-refractivity contribution is 7.15. The normalized spacial score (nSPS) is 19.9. The van der Waals surface area contributed by atoms with E-state index in [1.54, 1.807) is 0 Å². The third-order valence-electron chi connectivity index (χ3n) is 4.10. The van der Waals surface area contributed by atoms with Crippen molar-refractivity contribution in [3.8, 4) is 0 Å². The van der Waals surface area contributed by atoms with Crippen LogP contribution in [-0.4, -0.2) is 24.6 Å². The van der Waals surface area contributed by atoms with Gasteiger partial charge in [-0.2, -0.15) is 0 Å². The van der Waals surface area contributed by atoms with Gasteiger partial charge in [0, 0.05) is 24.0 Å². The van der Waals surface area contributed by atoms with Crippen LogP contribution in [0.5, 0.6) is 0 Å². The minimum absolute atomic E-state index is 0.512. The van der Waals surface area contributed by atoms with Gasteiger partial charge in [-0.1, -0.05) is 27.2 Å². The summed E-state index contributed by atoms with van der Waals surface area (Å²) in [5, 5.41) is 4.54. The van der Waals surface area contributed by atoms with E-state index in [0.717, 1.165) is 6.54 Å². The maximum absolute atomic E-state index is 4.99. The SMILES string of the molecule is CCCC1CCCCN1c1nc(C(C)C)c(CNC)s1. The molecule has 1 fully saturated rings. The lowest BCUT2D eigenvalue weighted by molar-refractivity contribution is 0.434. The molecular formula is C16H29N3S. The Balaban J connectivity index is 2.23. The van der Waals surface area contributed by atoms with E-state index in [4.69, 9.17) is 4.98 Å². The number of anilines is 1. The number of hydrogen-bond acceptors (Lipinski definition) is 4. The minimum atomic E-state index is 0.512. The number of nitrogens with zero attached hydrogens (tertiary/aromatic N) is 2. The summed E-state index contributed by atoms with van der Waals surface area (Å²) in [5.74, 6) is 0.512. The molecule has 1 aromatic rings.